The Balaban J connectivity index is 1.63. The van der Waals surface area contributed by atoms with Gasteiger partial charge in [0.1, 0.15) is 55.4 Å². The molecule has 11 heteroatoms. The number of methoxy groups -OCH3 is 5. The Morgan fingerprint density at radius 2 is 1.30 bits per heavy atom. The number of unbranched alkanes of at least 4 members (excludes halogenated alkanes) is 9. The third-order valence-electron chi connectivity index (χ3n) is 12.9. The molecular weight excluding hydrogens is 716 g/mol. The molecule has 13 atom stereocenters. The lowest BCUT2D eigenvalue weighted by Gasteiger charge is -2.50. The molecule has 0 aliphatic carbocycles. The van der Waals surface area contributed by atoms with Crippen LogP contribution in [0.2, 0.25) is 0 Å². The van der Waals surface area contributed by atoms with Crippen LogP contribution in [0.5, 0.6) is 0 Å². The summed E-state index contributed by atoms with van der Waals surface area (Å²) in [6.45, 7) is 15.7. The zero-order chi connectivity index (χ0) is 41.5. The minimum absolute atomic E-state index is 0.0797. The molecule has 11 nitrogen and oxygen atoms in total. The molecule has 2 rings (SSSR count). The Hall–Kier alpha value is -1.15. The molecule has 2 fully saturated rings. The Morgan fingerprint density at radius 1 is 0.732 bits per heavy atom. The molecule has 0 aromatic carbocycles. The number of carbonyl (C=O) groups is 1. The minimum Gasteiger partial charge on any atom is -0.460 e. The van der Waals surface area contributed by atoms with Crippen LogP contribution in [0.15, 0.2) is 12.7 Å². The van der Waals surface area contributed by atoms with E-state index >= 15 is 0 Å². The van der Waals surface area contributed by atoms with Gasteiger partial charge in [-0.25, -0.2) is 4.79 Å². The SMILES string of the molecule is C=CC(=O)OCC1OC(C(C)CC)C(OC)C(OC)C1OCCCCCCCCC(C)CCCCCCCC(C)(CC)C1OC(COC)C(O)C(OC)C1OC. The molecule has 2 saturated heterocycles. The maximum absolute atomic E-state index is 11.9. The van der Waals surface area contributed by atoms with Gasteiger partial charge in [0.2, 0.25) is 0 Å². The summed E-state index contributed by atoms with van der Waals surface area (Å²) in [5.41, 5.74) is -0.0797. The van der Waals surface area contributed by atoms with E-state index in [2.05, 4.69) is 41.2 Å². The standard InChI is InChI=1S/C45H84O11/c1-12-33(5)38-41(50-9)42(51-10)39(35(55-38)31-54-36(46)13-2)53-29-25-21-16-15-18-22-26-32(4)27-23-19-17-20-24-28-45(6,14-3)44-43(52-11)40(49-8)37(47)34(56-44)30-48-7/h13,32-35,37-44,47H,2,12,14-31H2,1,3-11H3. The predicted octanol–water partition coefficient (Wildman–Crippen LogP) is 8.26. The summed E-state index contributed by atoms with van der Waals surface area (Å²) < 4.78 is 53.5. The van der Waals surface area contributed by atoms with Crippen LogP contribution in [0.3, 0.4) is 0 Å². The Kier molecular flexibility index (Phi) is 25.8. The summed E-state index contributed by atoms with van der Waals surface area (Å²) in [5.74, 6) is 0.541. The highest BCUT2D eigenvalue weighted by atomic mass is 16.6. The lowest BCUT2D eigenvalue weighted by molar-refractivity contribution is -0.268. The van der Waals surface area contributed by atoms with E-state index in [0.29, 0.717) is 13.2 Å². The molecule has 0 bridgehead atoms. The average molecular weight is 801 g/mol. The molecule has 56 heavy (non-hydrogen) atoms. The summed E-state index contributed by atoms with van der Waals surface area (Å²) in [6.07, 6.45) is 16.2. The highest BCUT2D eigenvalue weighted by Crippen LogP contribution is 2.42. The number of hydrogen-bond donors (Lipinski definition) is 1. The van der Waals surface area contributed by atoms with E-state index in [0.717, 1.165) is 44.4 Å². The zero-order valence-corrected chi connectivity index (χ0v) is 37.2. The van der Waals surface area contributed by atoms with Crippen molar-refractivity contribution in [1.29, 1.82) is 0 Å². The highest BCUT2D eigenvalue weighted by Gasteiger charge is 2.52. The molecule has 1 N–H and O–H groups in total. The molecule has 330 valence electrons. The molecule has 0 spiro atoms. The van der Waals surface area contributed by atoms with E-state index in [4.69, 9.17) is 42.6 Å². The summed E-state index contributed by atoms with van der Waals surface area (Å²) in [4.78, 5) is 11.9. The molecule has 2 aliphatic rings. The molecular formula is C45H84O11. The Bertz CT molecular complexity index is 1030. The van der Waals surface area contributed by atoms with E-state index in [9.17, 15) is 9.90 Å². The number of hydrogen-bond acceptors (Lipinski definition) is 11. The molecule has 0 saturated carbocycles. The van der Waals surface area contributed by atoms with Crippen molar-refractivity contribution in [2.24, 2.45) is 17.3 Å². The smallest absolute Gasteiger partial charge is 0.330 e. The third-order valence-corrected chi connectivity index (χ3v) is 12.9. The molecule has 0 amide bonds. The van der Waals surface area contributed by atoms with Crippen LogP contribution in [-0.4, -0.2) is 127 Å². The van der Waals surface area contributed by atoms with Crippen molar-refractivity contribution in [3.8, 4) is 0 Å². The minimum atomic E-state index is -0.790. The van der Waals surface area contributed by atoms with Crippen molar-refractivity contribution in [3.63, 3.8) is 0 Å². The first-order valence-electron chi connectivity index (χ1n) is 22.0. The van der Waals surface area contributed by atoms with Gasteiger partial charge in [-0.05, 0) is 36.5 Å². The van der Waals surface area contributed by atoms with Crippen molar-refractivity contribution < 1.29 is 52.5 Å². The largest absolute Gasteiger partial charge is 0.460 e. The Labute approximate surface area is 341 Å². The van der Waals surface area contributed by atoms with Gasteiger partial charge in [-0.2, -0.15) is 0 Å². The van der Waals surface area contributed by atoms with Crippen molar-refractivity contribution in [2.75, 3.05) is 55.4 Å². The Morgan fingerprint density at radius 3 is 1.84 bits per heavy atom. The first-order chi connectivity index (χ1) is 27.0. The van der Waals surface area contributed by atoms with E-state index < -0.39 is 36.5 Å². The van der Waals surface area contributed by atoms with E-state index in [1.807, 2.05) is 0 Å². The monoisotopic (exact) mass is 801 g/mol. The van der Waals surface area contributed by atoms with Gasteiger partial charge < -0.3 is 47.7 Å². The fourth-order valence-electron chi connectivity index (χ4n) is 8.78. The topological polar surface area (TPSA) is 120 Å². The predicted molar refractivity (Wildman–Crippen MR) is 221 cm³/mol. The second-order valence-electron chi connectivity index (χ2n) is 16.9. The third kappa shape index (κ3) is 15.8. The first-order valence-corrected chi connectivity index (χ1v) is 22.0. The molecule has 0 aromatic rings. The quantitative estimate of drug-likeness (QED) is 0.0415. The van der Waals surface area contributed by atoms with Crippen LogP contribution < -0.4 is 0 Å². The number of carbonyl (C=O) groups excluding carboxylic acids is 1. The maximum atomic E-state index is 11.9. The number of aliphatic hydroxyl groups excluding tert-OH is 1. The van der Waals surface area contributed by atoms with Crippen LogP contribution in [0.1, 0.15) is 137 Å². The highest BCUT2D eigenvalue weighted by molar-refractivity contribution is 5.81. The van der Waals surface area contributed by atoms with Gasteiger partial charge in [-0.1, -0.05) is 125 Å². The van der Waals surface area contributed by atoms with Crippen LogP contribution in [0.25, 0.3) is 0 Å². The van der Waals surface area contributed by atoms with Crippen LogP contribution in [0, 0.1) is 17.3 Å². The summed E-state index contributed by atoms with van der Waals surface area (Å²) in [7, 11) is 8.32. The van der Waals surface area contributed by atoms with Gasteiger partial charge in [-0.15, -0.1) is 0 Å². The molecule has 0 radical (unpaired) electrons. The number of esters is 1. The molecule has 13 unspecified atom stereocenters. The fourth-order valence-corrected chi connectivity index (χ4v) is 8.78. The lowest BCUT2D eigenvalue weighted by Crippen LogP contribution is -2.63. The zero-order valence-electron chi connectivity index (χ0n) is 37.2. The molecule has 0 aromatic heterocycles. The van der Waals surface area contributed by atoms with Gasteiger partial charge in [-0.3, -0.25) is 0 Å². The summed E-state index contributed by atoms with van der Waals surface area (Å²) >= 11 is 0. The van der Waals surface area contributed by atoms with E-state index in [1.165, 1.54) is 70.3 Å². The lowest BCUT2D eigenvalue weighted by atomic mass is 9.72. The van der Waals surface area contributed by atoms with Crippen molar-refractivity contribution in [2.45, 2.75) is 198 Å². The van der Waals surface area contributed by atoms with Gasteiger partial charge in [0.25, 0.3) is 0 Å². The van der Waals surface area contributed by atoms with Gasteiger partial charge in [0.05, 0.1) is 18.8 Å². The summed E-state index contributed by atoms with van der Waals surface area (Å²) in [5, 5.41) is 10.8. The second kappa shape index (κ2) is 28.3. The fraction of sp³-hybridized carbons (Fsp3) is 0.933. The number of rotatable bonds is 31. The maximum Gasteiger partial charge on any atom is 0.330 e. The molecule has 2 heterocycles. The summed E-state index contributed by atoms with van der Waals surface area (Å²) in [6, 6.07) is 0. The normalized spacial score (nSPS) is 30.4. The van der Waals surface area contributed by atoms with E-state index in [-0.39, 0.29) is 48.5 Å². The van der Waals surface area contributed by atoms with Crippen LogP contribution >= 0.6 is 0 Å². The van der Waals surface area contributed by atoms with Crippen LogP contribution in [-0.2, 0) is 47.4 Å². The van der Waals surface area contributed by atoms with Crippen molar-refractivity contribution >= 4 is 5.97 Å². The first kappa shape index (κ1) is 51.0. The number of aliphatic hydroxyl groups is 1. The van der Waals surface area contributed by atoms with Gasteiger partial charge in [0.15, 0.2) is 0 Å². The van der Waals surface area contributed by atoms with Gasteiger partial charge in [0, 0.05) is 48.2 Å². The average Bonchev–Trinajstić information content (AvgIpc) is 3.21. The number of ether oxygens (including phenoxy) is 9. The van der Waals surface area contributed by atoms with E-state index in [1.54, 1.807) is 35.5 Å². The van der Waals surface area contributed by atoms with Gasteiger partial charge >= 0.3 is 5.97 Å². The second-order valence-corrected chi connectivity index (χ2v) is 16.9. The van der Waals surface area contributed by atoms with Crippen molar-refractivity contribution in [1.82, 2.24) is 0 Å². The molecule has 2 aliphatic heterocycles. The van der Waals surface area contributed by atoms with Crippen molar-refractivity contribution in [3.05, 3.63) is 12.7 Å². The van der Waals surface area contributed by atoms with Crippen LogP contribution in [0.4, 0.5) is 0 Å².